The number of hydrogen-bond donors (Lipinski definition) is 2. The zero-order valence-electron chi connectivity index (χ0n) is 7.80. The third-order valence-corrected chi connectivity index (χ3v) is 2.79. The molecule has 1 unspecified atom stereocenters. The maximum absolute atomic E-state index is 10.5. The molecule has 1 atom stereocenters. The van der Waals surface area contributed by atoms with Crippen molar-refractivity contribution in [3.8, 4) is 0 Å². The van der Waals surface area contributed by atoms with Gasteiger partial charge in [0.2, 0.25) is 0 Å². The molecule has 4 heteroatoms. The molecule has 2 N–H and O–H groups in total. The van der Waals surface area contributed by atoms with Crippen LogP contribution in [0, 0.1) is 0 Å². The minimum absolute atomic E-state index is 0.116. The molecule has 0 fully saturated rings. The Morgan fingerprint density at radius 3 is 2.43 bits per heavy atom. The van der Waals surface area contributed by atoms with E-state index < -0.39 is 5.97 Å². The first-order chi connectivity index (χ1) is 6.63. The summed E-state index contributed by atoms with van der Waals surface area (Å²) in [5.74, 6) is -0.920. The number of thioether (sulfide) groups is 1. The first-order valence-electron chi connectivity index (χ1n) is 4.24. The highest BCUT2D eigenvalue weighted by molar-refractivity contribution is 8.00. The summed E-state index contributed by atoms with van der Waals surface area (Å²) in [5, 5.41) is 17.6. The average molecular weight is 212 g/mol. The van der Waals surface area contributed by atoms with Crippen LogP contribution in [0.4, 0.5) is 0 Å². The molecule has 0 saturated heterocycles. The van der Waals surface area contributed by atoms with E-state index in [0.717, 1.165) is 4.90 Å². The number of benzene rings is 1. The molecule has 0 aliphatic rings. The number of carbonyl (C=O) groups is 1. The number of aliphatic hydroxyl groups is 1. The van der Waals surface area contributed by atoms with E-state index in [4.69, 9.17) is 10.2 Å². The standard InChI is InChI=1S/C10H12O3S/c1-7(6-11)14-9-4-2-8(3-5-9)10(12)13/h2-5,7,11H,6H2,1H3,(H,12,13). The Kier molecular flexibility index (Phi) is 3.98. The largest absolute Gasteiger partial charge is 0.478 e. The first kappa shape index (κ1) is 11.1. The van der Waals surface area contributed by atoms with Gasteiger partial charge >= 0.3 is 5.97 Å². The lowest BCUT2D eigenvalue weighted by Crippen LogP contribution is -2.01. The summed E-state index contributed by atoms with van der Waals surface area (Å²) in [5.41, 5.74) is 0.283. The van der Waals surface area contributed by atoms with Crippen molar-refractivity contribution in [1.29, 1.82) is 0 Å². The van der Waals surface area contributed by atoms with Crippen LogP contribution in [0.2, 0.25) is 0 Å². The number of aromatic carboxylic acids is 1. The molecule has 0 bridgehead atoms. The van der Waals surface area contributed by atoms with Crippen molar-refractivity contribution < 1.29 is 15.0 Å². The maximum Gasteiger partial charge on any atom is 0.335 e. The van der Waals surface area contributed by atoms with Crippen LogP contribution in [0.25, 0.3) is 0 Å². The monoisotopic (exact) mass is 212 g/mol. The summed E-state index contributed by atoms with van der Waals surface area (Å²) >= 11 is 1.52. The fourth-order valence-corrected chi connectivity index (χ4v) is 1.78. The minimum atomic E-state index is -0.920. The molecule has 0 heterocycles. The van der Waals surface area contributed by atoms with E-state index in [1.807, 2.05) is 6.92 Å². The highest BCUT2D eigenvalue weighted by atomic mass is 32.2. The molecular formula is C10H12O3S. The Balaban J connectivity index is 2.68. The normalized spacial score (nSPS) is 12.4. The number of hydrogen-bond acceptors (Lipinski definition) is 3. The van der Waals surface area contributed by atoms with Crippen molar-refractivity contribution in [2.24, 2.45) is 0 Å². The van der Waals surface area contributed by atoms with Gasteiger partial charge in [0, 0.05) is 10.1 Å². The zero-order chi connectivity index (χ0) is 10.6. The van der Waals surface area contributed by atoms with Crippen molar-refractivity contribution >= 4 is 17.7 Å². The Labute approximate surface area is 86.8 Å². The van der Waals surface area contributed by atoms with Crippen LogP contribution < -0.4 is 0 Å². The summed E-state index contributed by atoms with van der Waals surface area (Å²) in [4.78, 5) is 11.5. The van der Waals surface area contributed by atoms with E-state index in [-0.39, 0.29) is 17.4 Å². The Bertz CT molecular complexity index is 308. The Morgan fingerprint density at radius 1 is 1.43 bits per heavy atom. The lowest BCUT2D eigenvalue weighted by atomic mass is 10.2. The molecule has 1 aromatic rings. The number of rotatable bonds is 4. The molecule has 0 aliphatic heterocycles. The van der Waals surface area contributed by atoms with Gasteiger partial charge in [-0.15, -0.1) is 11.8 Å². The number of aliphatic hydroxyl groups excluding tert-OH is 1. The molecular weight excluding hydrogens is 200 g/mol. The smallest absolute Gasteiger partial charge is 0.335 e. The molecule has 0 aliphatic carbocycles. The SMILES string of the molecule is CC(CO)Sc1ccc(C(=O)O)cc1. The zero-order valence-corrected chi connectivity index (χ0v) is 8.62. The second-order valence-electron chi connectivity index (χ2n) is 2.94. The van der Waals surface area contributed by atoms with E-state index in [1.54, 1.807) is 24.3 Å². The summed E-state index contributed by atoms with van der Waals surface area (Å²) < 4.78 is 0. The van der Waals surface area contributed by atoms with Gasteiger partial charge < -0.3 is 10.2 Å². The molecule has 0 aromatic heterocycles. The van der Waals surface area contributed by atoms with Gasteiger partial charge in [-0.05, 0) is 24.3 Å². The summed E-state index contributed by atoms with van der Waals surface area (Å²) in [6, 6.07) is 6.63. The molecule has 14 heavy (non-hydrogen) atoms. The highest BCUT2D eigenvalue weighted by Crippen LogP contribution is 2.22. The molecule has 1 rings (SSSR count). The second-order valence-corrected chi connectivity index (χ2v) is 4.45. The molecule has 76 valence electrons. The summed E-state index contributed by atoms with van der Waals surface area (Å²) in [7, 11) is 0. The van der Waals surface area contributed by atoms with Gasteiger partial charge in [-0.1, -0.05) is 6.92 Å². The van der Waals surface area contributed by atoms with Crippen molar-refractivity contribution in [2.45, 2.75) is 17.1 Å². The lowest BCUT2D eigenvalue weighted by Gasteiger charge is -2.06. The van der Waals surface area contributed by atoms with Crippen LogP contribution in [-0.2, 0) is 0 Å². The number of carboxylic acid groups (broad SMARTS) is 1. The van der Waals surface area contributed by atoms with Crippen LogP contribution in [0.5, 0.6) is 0 Å². The minimum Gasteiger partial charge on any atom is -0.478 e. The van der Waals surface area contributed by atoms with Crippen LogP contribution in [0.15, 0.2) is 29.2 Å². The predicted molar refractivity (Wildman–Crippen MR) is 55.8 cm³/mol. The summed E-state index contributed by atoms with van der Waals surface area (Å²) in [6.07, 6.45) is 0. The first-order valence-corrected chi connectivity index (χ1v) is 5.12. The van der Waals surface area contributed by atoms with Gasteiger partial charge in [0.05, 0.1) is 12.2 Å². The van der Waals surface area contributed by atoms with E-state index in [2.05, 4.69) is 0 Å². The molecule has 0 amide bonds. The Morgan fingerprint density at radius 2 is 2.00 bits per heavy atom. The average Bonchev–Trinajstić information content (AvgIpc) is 2.18. The van der Waals surface area contributed by atoms with Crippen LogP contribution in [0.1, 0.15) is 17.3 Å². The van der Waals surface area contributed by atoms with E-state index in [0.29, 0.717) is 0 Å². The number of carboxylic acids is 1. The van der Waals surface area contributed by atoms with Crippen LogP contribution >= 0.6 is 11.8 Å². The lowest BCUT2D eigenvalue weighted by molar-refractivity contribution is 0.0697. The third kappa shape index (κ3) is 3.05. The Hall–Kier alpha value is -1.00. The fraction of sp³-hybridized carbons (Fsp3) is 0.300. The predicted octanol–water partition coefficient (Wildman–Crippen LogP) is 1.86. The fourth-order valence-electron chi connectivity index (χ4n) is 0.946. The summed E-state index contributed by atoms with van der Waals surface area (Å²) in [6.45, 7) is 2.03. The molecule has 3 nitrogen and oxygen atoms in total. The topological polar surface area (TPSA) is 57.5 Å². The molecule has 1 aromatic carbocycles. The quantitative estimate of drug-likeness (QED) is 0.748. The van der Waals surface area contributed by atoms with Crippen molar-refractivity contribution in [1.82, 2.24) is 0 Å². The van der Waals surface area contributed by atoms with Gasteiger partial charge in [-0.3, -0.25) is 0 Å². The van der Waals surface area contributed by atoms with Gasteiger partial charge in [0.25, 0.3) is 0 Å². The van der Waals surface area contributed by atoms with Gasteiger partial charge in [0.15, 0.2) is 0 Å². The maximum atomic E-state index is 10.5. The molecule has 0 saturated carbocycles. The van der Waals surface area contributed by atoms with Crippen LogP contribution in [0.3, 0.4) is 0 Å². The highest BCUT2D eigenvalue weighted by Gasteiger charge is 2.04. The van der Waals surface area contributed by atoms with Crippen molar-refractivity contribution in [3.05, 3.63) is 29.8 Å². The van der Waals surface area contributed by atoms with Crippen molar-refractivity contribution in [2.75, 3.05) is 6.61 Å². The molecule has 0 radical (unpaired) electrons. The van der Waals surface area contributed by atoms with E-state index in [1.165, 1.54) is 11.8 Å². The third-order valence-electron chi connectivity index (χ3n) is 1.70. The van der Waals surface area contributed by atoms with Crippen molar-refractivity contribution in [3.63, 3.8) is 0 Å². The second kappa shape index (κ2) is 5.02. The van der Waals surface area contributed by atoms with E-state index in [9.17, 15) is 4.79 Å². The van der Waals surface area contributed by atoms with Gasteiger partial charge in [-0.2, -0.15) is 0 Å². The molecule has 0 spiro atoms. The van der Waals surface area contributed by atoms with Gasteiger partial charge in [0.1, 0.15) is 0 Å². The van der Waals surface area contributed by atoms with E-state index >= 15 is 0 Å². The van der Waals surface area contributed by atoms with Gasteiger partial charge in [-0.25, -0.2) is 4.79 Å². The van der Waals surface area contributed by atoms with Crippen LogP contribution in [-0.4, -0.2) is 28.0 Å².